The minimum atomic E-state index is -3.86. The molecule has 0 saturated carbocycles. The van der Waals surface area contributed by atoms with Crippen molar-refractivity contribution in [2.24, 2.45) is 0 Å². The fourth-order valence-electron chi connectivity index (χ4n) is 2.33. The van der Waals surface area contributed by atoms with E-state index in [1.165, 1.54) is 36.5 Å². The Morgan fingerprint density at radius 2 is 1.60 bits per heavy atom. The number of aromatic nitrogens is 1. The van der Waals surface area contributed by atoms with Crippen LogP contribution >= 0.6 is 0 Å². The lowest BCUT2D eigenvalue weighted by atomic mass is 10.0. The number of sulfonamides is 1. The van der Waals surface area contributed by atoms with Gasteiger partial charge < -0.3 is 0 Å². The van der Waals surface area contributed by atoms with Crippen LogP contribution in [-0.4, -0.2) is 13.4 Å². The second-order valence-corrected chi connectivity index (χ2v) is 7.13. The highest BCUT2D eigenvalue weighted by Crippen LogP contribution is 2.25. The number of nitrogens with one attached hydrogen (secondary N) is 1. The van der Waals surface area contributed by atoms with Gasteiger partial charge in [-0.15, -0.1) is 0 Å². The van der Waals surface area contributed by atoms with Gasteiger partial charge in [0.25, 0.3) is 10.0 Å². The van der Waals surface area contributed by atoms with Crippen molar-refractivity contribution in [1.82, 2.24) is 4.98 Å². The summed E-state index contributed by atoms with van der Waals surface area (Å²) in [5.74, 6) is -0.768. The Morgan fingerprint density at radius 3 is 2.24 bits per heavy atom. The van der Waals surface area contributed by atoms with E-state index in [1.54, 1.807) is 12.1 Å². The van der Waals surface area contributed by atoms with Crippen molar-refractivity contribution >= 4 is 15.8 Å². The van der Waals surface area contributed by atoms with Crippen LogP contribution in [0.15, 0.2) is 65.7 Å². The van der Waals surface area contributed by atoms with E-state index in [0.717, 1.165) is 17.7 Å². The summed E-state index contributed by atoms with van der Waals surface area (Å²) in [6, 6.07) is 12.0. The molecule has 128 valence electrons. The molecular formula is C18H14F2N2O2S. The molecule has 1 N–H and O–H groups in total. The summed E-state index contributed by atoms with van der Waals surface area (Å²) in [6.07, 6.45) is 1.46. The zero-order valence-electron chi connectivity index (χ0n) is 13.2. The van der Waals surface area contributed by atoms with E-state index in [2.05, 4.69) is 9.71 Å². The molecule has 1 aromatic heterocycles. The number of aryl methyl sites for hydroxylation is 1. The summed E-state index contributed by atoms with van der Waals surface area (Å²) >= 11 is 0. The van der Waals surface area contributed by atoms with Crippen molar-refractivity contribution in [3.05, 3.63) is 78.0 Å². The summed E-state index contributed by atoms with van der Waals surface area (Å²) < 4.78 is 53.1. The number of rotatable bonds is 4. The monoisotopic (exact) mass is 360 g/mol. The molecule has 7 heteroatoms. The number of hydrogen-bond acceptors (Lipinski definition) is 3. The highest BCUT2D eigenvalue weighted by Gasteiger charge is 2.15. The number of nitrogens with zero attached hydrogens (tertiary/aromatic N) is 1. The molecule has 0 unspecified atom stereocenters. The molecule has 25 heavy (non-hydrogen) atoms. The van der Waals surface area contributed by atoms with E-state index in [-0.39, 0.29) is 16.5 Å². The van der Waals surface area contributed by atoms with Gasteiger partial charge in [0, 0.05) is 11.8 Å². The SMILES string of the molecule is Cc1ccc(F)cc1-c1ccc(NS(=O)(=O)c2ccc(F)cc2)nc1. The third-order valence-corrected chi connectivity index (χ3v) is 5.01. The van der Waals surface area contributed by atoms with Crippen LogP contribution in [0.2, 0.25) is 0 Å². The molecule has 0 fully saturated rings. The van der Waals surface area contributed by atoms with Gasteiger partial charge in [-0.05, 0) is 66.6 Å². The number of anilines is 1. The number of hydrogen-bond donors (Lipinski definition) is 1. The van der Waals surface area contributed by atoms with Crippen LogP contribution < -0.4 is 4.72 Å². The van der Waals surface area contributed by atoms with E-state index in [0.29, 0.717) is 11.1 Å². The molecule has 0 amide bonds. The Balaban J connectivity index is 1.85. The Kier molecular flexibility index (Phi) is 4.50. The average Bonchev–Trinajstić information content (AvgIpc) is 2.58. The molecule has 0 spiro atoms. The van der Waals surface area contributed by atoms with E-state index in [1.807, 2.05) is 6.92 Å². The van der Waals surface area contributed by atoms with Gasteiger partial charge in [0.1, 0.15) is 17.5 Å². The van der Waals surface area contributed by atoms with Crippen molar-refractivity contribution < 1.29 is 17.2 Å². The van der Waals surface area contributed by atoms with E-state index in [4.69, 9.17) is 0 Å². The number of halogens is 2. The first-order valence-electron chi connectivity index (χ1n) is 7.36. The standard InChI is InChI=1S/C18H14F2N2O2S/c1-12-2-4-15(20)10-17(12)13-3-9-18(21-11-13)22-25(23,24)16-7-5-14(19)6-8-16/h2-11H,1H3,(H,21,22). The Bertz CT molecular complexity index is 1000. The lowest BCUT2D eigenvalue weighted by Crippen LogP contribution is -2.13. The first-order valence-corrected chi connectivity index (χ1v) is 8.84. The first-order chi connectivity index (χ1) is 11.8. The summed E-state index contributed by atoms with van der Waals surface area (Å²) in [5, 5.41) is 0. The summed E-state index contributed by atoms with van der Waals surface area (Å²) in [7, 11) is -3.86. The minimum absolute atomic E-state index is 0.0687. The fourth-order valence-corrected chi connectivity index (χ4v) is 3.34. The molecule has 3 aromatic rings. The predicted octanol–water partition coefficient (Wildman–Crippen LogP) is 4.14. The molecule has 0 saturated heterocycles. The summed E-state index contributed by atoms with van der Waals surface area (Å²) in [6.45, 7) is 1.85. The van der Waals surface area contributed by atoms with Crippen LogP contribution in [0.25, 0.3) is 11.1 Å². The van der Waals surface area contributed by atoms with E-state index in [9.17, 15) is 17.2 Å². The fraction of sp³-hybridized carbons (Fsp3) is 0.0556. The van der Waals surface area contributed by atoms with Crippen molar-refractivity contribution in [3.8, 4) is 11.1 Å². The third kappa shape index (κ3) is 3.83. The normalized spacial score (nSPS) is 11.3. The maximum atomic E-state index is 13.4. The molecule has 0 radical (unpaired) electrons. The second kappa shape index (κ2) is 6.60. The molecule has 3 rings (SSSR count). The van der Waals surface area contributed by atoms with E-state index < -0.39 is 15.8 Å². The van der Waals surface area contributed by atoms with Gasteiger partial charge in [-0.25, -0.2) is 22.2 Å². The zero-order chi connectivity index (χ0) is 18.0. The molecule has 0 aliphatic rings. The second-order valence-electron chi connectivity index (χ2n) is 5.45. The van der Waals surface area contributed by atoms with Crippen LogP contribution in [0.3, 0.4) is 0 Å². The maximum absolute atomic E-state index is 13.4. The van der Waals surface area contributed by atoms with E-state index >= 15 is 0 Å². The summed E-state index contributed by atoms with van der Waals surface area (Å²) in [4.78, 5) is 4.00. The van der Waals surface area contributed by atoms with Crippen molar-refractivity contribution in [2.45, 2.75) is 11.8 Å². The van der Waals surface area contributed by atoms with Crippen LogP contribution in [0, 0.1) is 18.6 Å². The van der Waals surface area contributed by atoms with Gasteiger partial charge in [-0.3, -0.25) is 4.72 Å². The molecule has 0 bridgehead atoms. The minimum Gasteiger partial charge on any atom is -0.263 e. The highest BCUT2D eigenvalue weighted by atomic mass is 32.2. The number of benzene rings is 2. The number of pyridine rings is 1. The van der Waals surface area contributed by atoms with Crippen LogP contribution in [0.1, 0.15) is 5.56 Å². The Hall–Kier alpha value is -2.80. The zero-order valence-corrected chi connectivity index (χ0v) is 14.0. The molecule has 0 atom stereocenters. The lowest BCUT2D eigenvalue weighted by Gasteiger charge is -2.09. The molecule has 0 aliphatic carbocycles. The molecule has 2 aromatic carbocycles. The van der Waals surface area contributed by atoms with Crippen molar-refractivity contribution in [1.29, 1.82) is 0 Å². The van der Waals surface area contributed by atoms with Crippen LogP contribution in [0.4, 0.5) is 14.6 Å². The van der Waals surface area contributed by atoms with Gasteiger partial charge in [0.15, 0.2) is 0 Å². The average molecular weight is 360 g/mol. The van der Waals surface area contributed by atoms with Crippen LogP contribution in [0.5, 0.6) is 0 Å². The third-order valence-electron chi connectivity index (χ3n) is 3.64. The quantitative estimate of drug-likeness (QED) is 0.761. The molecular weight excluding hydrogens is 346 g/mol. The summed E-state index contributed by atoms with van der Waals surface area (Å²) in [5.41, 5.74) is 2.23. The van der Waals surface area contributed by atoms with Gasteiger partial charge in [0.05, 0.1) is 4.90 Å². The highest BCUT2D eigenvalue weighted by molar-refractivity contribution is 7.92. The van der Waals surface area contributed by atoms with Gasteiger partial charge >= 0.3 is 0 Å². The smallest absolute Gasteiger partial charge is 0.263 e. The lowest BCUT2D eigenvalue weighted by molar-refractivity contribution is 0.599. The largest absolute Gasteiger partial charge is 0.263 e. The predicted molar refractivity (Wildman–Crippen MR) is 91.6 cm³/mol. The topological polar surface area (TPSA) is 59.1 Å². The van der Waals surface area contributed by atoms with Crippen molar-refractivity contribution in [2.75, 3.05) is 4.72 Å². The molecule has 0 aliphatic heterocycles. The van der Waals surface area contributed by atoms with Crippen LogP contribution in [-0.2, 0) is 10.0 Å². The van der Waals surface area contributed by atoms with Gasteiger partial charge in [-0.2, -0.15) is 0 Å². The van der Waals surface area contributed by atoms with Crippen molar-refractivity contribution in [3.63, 3.8) is 0 Å². The Labute approximate surface area is 144 Å². The first kappa shape index (κ1) is 17.0. The van der Waals surface area contributed by atoms with Gasteiger partial charge in [0.2, 0.25) is 0 Å². The van der Waals surface area contributed by atoms with Gasteiger partial charge in [-0.1, -0.05) is 6.07 Å². The Morgan fingerprint density at radius 1 is 0.920 bits per heavy atom. The molecule has 1 heterocycles. The molecule has 4 nitrogen and oxygen atoms in total. The maximum Gasteiger partial charge on any atom is 0.263 e.